The van der Waals surface area contributed by atoms with Crippen LogP contribution in [0.4, 0.5) is 0 Å². The first-order chi connectivity index (χ1) is 10.7. The Balaban J connectivity index is 0.00000192. The molecule has 5 heteroatoms. The molecule has 0 amide bonds. The van der Waals surface area contributed by atoms with Gasteiger partial charge in [-0.05, 0) is 68.4 Å². The average molecular weight is 334 g/mol. The summed E-state index contributed by atoms with van der Waals surface area (Å²) >= 11 is 0. The monoisotopic (exact) mass is 333 g/mol. The molecule has 0 saturated carbocycles. The molecule has 1 aliphatic rings. The van der Waals surface area contributed by atoms with E-state index in [-0.39, 0.29) is 12.4 Å². The molecule has 2 N–H and O–H groups in total. The highest BCUT2D eigenvalue weighted by atomic mass is 35.5. The van der Waals surface area contributed by atoms with Crippen LogP contribution in [0.1, 0.15) is 46.7 Å². The Morgan fingerprint density at radius 3 is 2.43 bits per heavy atom. The molecule has 0 radical (unpaired) electrons. The lowest BCUT2D eigenvalue weighted by molar-refractivity contribution is 0.294. The Labute approximate surface area is 143 Å². The molecule has 0 aliphatic heterocycles. The van der Waals surface area contributed by atoms with Gasteiger partial charge >= 0.3 is 0 Å². The fourth-order valence-electron chi connectivity index (χ4n) is 3.13. The number of hydrogen-bond donors (Lipinski definition) is 1. The third-order valence-corrected chi connectivity index (χ3v) is 4.07. The van der Waals surface area contributed by atoms with Crippen LogP contribution in [0.15, 0.2) is 18.2 Å². The number of benzene rings is 1. The minimum absolute atomic E-state index is 0. The molecule has 0 spiro atoms. The lowest BCUT2D eigenvalue weighted by Crippen LogP contribution is -2.17. The van der Waals surface area contributed by atoms with Crippen molar-refractivity contribution in [2.75, 3.05) is 0 Å². The van der Waals surface area contributed by atoms with Gasteiger partial charge in [0.1, 0.15) is 12.4 Å². The van der Waals surface area contributed by atoms with E-state index in [1.807, 2.05) is 12.1 Å². The molecule has 1 aromatic carbocycles. The number of nitrogens with two attached hydrogens (primary N) is 1. The van der Waals surface area contributed by atoms with E-state index in [0.29, 0.717) is 13.2 Å². The Bertz CT molecular complexity index is 651. The lowest BCUT2D eigenvalue weighted by Gasteiger charge is -2.18. The number of ether oxygens (including phenoxy) is 1. The van der Waals surface area contributed by atoms with Crippen molar-refractivity contribution in [3.8, 4) is 5.75 Å². The minimum atomic E-state index is 0. The first kappa shape index (κ1) is 17.7. The van der Waals surface area contributed by atoms with E-state index in [4.69, 9.17) is 15.5 Å². The molecule has 4 nitrogen and oxygen atoms in total. The van der Waals surface area contributed by atoms with Crippen LogP contribution in [-0.2, 0) is 26.0 Å². The number of aryl methyl sites for hydroxylation is 3. The average Bonchev–Trinajstić information content (AvgIpc) is 2.51. The number of halogens is 1. The van der Waals surface area contributed by atoms with Gasteiger partial charge in [0.25, 0.3) is 0 Å². The van der Waals surface area contributed by atoms with Gasteiger partial charge in [-0.3, -0.25) is 0 Å². The zero-order valence-electron chi connectivity index (χ0n) is 13.8. The maximum atomic E-state index is 5.88. The molecule has 1 aromatic heterocycles. The van der Waals surface area contributed by atoms with E-state index in [2.05, 4.69) is 24.9 Å². The highest BCUT2D eigenvalue weighted by Gasteiger charge is 2.17. The Kier molecular flexibility index (Phi) is 5.97. The maximum absolute atomic E-state index is 5.88. The van der Waals surface area contributed by atoms with Gasteiger partial charge in [0, 0.05) is 12.2 Å². The topological polar surface area (TPSA) is 61.0 Å². The van der Waals surface area contributed by atoms with Gasteiger partial charge in [0.05, 0.1) is 5.69 Å². The van der Waals surface area contributed by atoms with Crippen LogP contribution in [0.25, 0.3) is 0 Å². The standard InChI is InChI=1S/C18H23N3O.ClH/c1-12-7-13(2)9-14(8-12)22-11-18-20-16-6-4-3-5-15(16)17(10-19)21-18;/h7-9H,3-6,10-11,19H2,1-2H3;1H. The van der Waals surface area contributed by atoms with Crippen LogP contribution in [0, 0.1) is 13.8 Å². The summed E-state index contributed by atoms with van der Waals surface area (Å²) in [4.78, 5) is 9.29. The molecule has 1 heterocycles. The van der Waals surface area contributed by atoms with Crippen molar-refractivity contribution < 1.29 is 4.74 Å². The first-order valence-electron chi connectivity index (χ1n) is 7.94. The second-order valence-electron chi connectivity index (χ2n) is 6.04. The normalized spacial score (nSPS) is 13.2. The molecule has 0 unspecified atom stereocenters. The van der Waals surface area contributed by atoms with Crippen molar-refractivity contribution in [1.82, 2.24) is 9.97 Å². The fraction of sp³-hybridized carbons (Fsp3) is 0.444. The molecule has 0 bridgehead atoms. The number of aromatic nitrogens is 2. The Hall–Kier alpha value is -1.65. The number of nitrogens with zero attached hydrogens (tertiary/aromatic N) is 2. The van der Waals surface area contributed by atoms with Crippen molar-refractivity contribution in [3.63, 3.8) is 0 Å². The number of fused-ring (bicyclic) bond motifs is 1. The third-order valence-electron chi connectivity index (χ3n) is 4.07. The van der Waals surface area contributed by atoms with E-state index in [1.165, 1.54) is 35.2 Å². The van der Waals surface area contributed by atoms with Gasteiger partial charge in [0.15, 0.2) is 5.82 Å². The molecule has 0 fully saturated rings. The van der Waals surface area contributed by atoms with E-state index in [0.717, 1.165) is 30.1 Å². The van der Waals surface area contributed by atoms with E-state index < -0.39 is 0 Å². The molecule has 23 heavy (non-hydrogen) atoms. The van der Waals surface area contributed by atoms with Crippen LogP contribution in [0.3, 0.4) is 0 Å². The van der Waals surface area contributed by atoms with Crippen LogP contribution in [0.2, 0.25) is 0 Å². The van der Waals surface area contributed by atoms with Gasteiger partial charge < -0.3 is 10.5 Å². The highest BCUT2D eigenvalue weighted by Crippen LogP contribution is 2.23. The molecule has 3 rings (SSSR count). The van der Waals surface area contributed by atoms with E-state index in [9.17, 15) is 0 Å². The summed E-state index contributed by atoms with van der Waals surface area (Å²) in [5.41, 5.74) is 11.7. The summed E-state index contributed by atoms with van der Waals surface area (Å²) in [6.07, 6.45) is 4.49. The van der Waals surface area contributed by atoms with Crippen molar-refractivity contribution >= 4 is 12.4 Å². The van der Waals surface area contributed by atoms with E-state index in [1.54, 1.807) is 0 Å². The van der Waals surface area contributed by atoms with Crippen molar-refractivity contribution in [1.29, 1.82) is 0 Å². The summed E-state index contributed by atoms with van der Waals surface area (Å²) in [6, 6.07) is 6.21. The van der Waals surface area contributed by atoms with Crippen LogP contribution < -0.4 is 10.5 Å². The number of hydrogen-bond acceptors (Lipinski definition) is 4. The van der Waals surface area contributed by atoms with Crippen molar-refractivity contribution in [2.45, 2.75) is 52.7 Å². The van der Waals surface area contributed by atoms with Gasteiger partial charge in [-0.25, -0.2) is 9.97 Å². The molecule has 1 aliphatic carbocycles. The van der Waals surface area contributed by atoms with Gasteiger partial charge in [-0.1, -0.05) is 6.07 Å². The SMILES string of the molecule is Cc1cc(C)cc(OCc2nc(CN)c3c(n2)CCCC3)c1.Cl. The van der Waals surface area contributed by atoms with Gasteiger partial charge in [-0.15, -0.1) is 12.4 Å². The van der Waals surface area contributed by atoms with E-state index >= 15 is 0 Å². The molecule has 124 valence electrons. The molecular formula is C18H24ClN3O. The van der Waals surface area contributed by atoms with Gasteiger partial charge in [-0.2, -0.15) is 0 Å². The Morgan fingerprint density at radius 1 is 1.04 bits per heavy atom. The van der Waals surface area contributed by atoms with Crippen molar-refractivity contribution in [3.05, 3.63) is 52.1 Å². The number of rotatable bonds is 4. The van der Waals surface area contributed by atoms with Crippen molar-refractivity contribution in [2.24, 2.45) is 5.73 Å². The zero-order valence-corrected chi connectivity index (χ0v) is 14.6. The van der Waals surface area contributed by atoms with Gasteiger partial charge in [0.2, 0.25) is 0 Å². The predicted octanol–water partition coefficient (Wildman–Crippen LogP) is 3.43. The summed E-state index contributed by atoms with van der Waals surface area (Å²) in [6.45, 7) is 5.01. The largest absolute Gasteiger partial charge is 0.486 e. The molecule has 2 aromatic rings. The predicted molar refractivity (Wildman–Crippen MR) is 94.1 cm³/mol. The minimum Gasteiger partial charge on any atom is -0.486 e. The lowest BCUT2D eigenvalue weighted by atomic mass is 9.94. The highest BCUT2D eigenvalue weighted by molar-refractivity contribution is 5.85. The van der Waals surface area contributed by atoms with Crippen LogP contribution in [-0.4, -0.2) is 9.97 Å². The fourth-order valence-corrected chi connectivity index (χ4v) is 3.13. The summed E-state index contributed by atoms with van der Waals surface area (Å²) in [5.74, 6) is 1.60. The molecule has 0 saturated heterocycles. The molecule has 0 atom stereocenters. The second kappa shape index (κ2) is 7.75. The quantitative estimate of drug-likeness (QED) is 0.931. The van der Waals surface area contributed by atoms with Crippen LogP contribution >= 0.6 is 12.4 Å². The molecular weight excluding hydrogens is 310 g/mol. The summed E-state index contributed by atoms with van der Waals surface area (Å²) in [5, 5.41) is 0. The summed E-state index contributed by atoms with van der Waals surface area (Å²) in [7, 11) is 0. The zero-order chi connectivity index (χ0) is 15.5. The summed E-state index contributed by atoms with van der Waals surface area (Å²) < 4.78 is 5.88. The second-order valence-corrected chi connectivity index (χ2v) is 6.04. The maximum Gasteiger partial charge on any atom is 0.166 e. The smallest absolute Gasteiger partial charge is 0.166 e. The third kappa shape index (κ3) is 4.21. The van der Waals surface area contributed by atoms with Crippen LogP contribution in [0.5, 0.6) is 5.75 Å². The Morgan fingerprint density at radius 2 is 1.74 bits per heavy atom. The first-order valence-corrected chi connectivity index (χ1v) is 7.94.